The van der Waals surface area contributed by atoms with Crippen molar-refractivity contribution in [2.45, 2.75) is 18.7 Å². The van der Waals surface area contributed by atoms with E-state index in [0.717, 1.165) is 6.07 Å². The van der Waals surface area contributed by atoms with Gasteiger partial charge in [-0.15, -0.1) is 0 Å². The lowest BCUT2D eigenvalue weighted by molar-refractivity contribution is -0.140. The summed E-state index contributed by atoms with van der Waals surface area (Å²) in [5.74, 6) is 0. The fraction of sp³-hybridized carbons (Fsp3) is 0.400. The Hall–Kier alpha value is -1.07. The lowest BCUT2D eigenvalue weighted by Gasteiger charge is -2.25. The van der Waals surface area contributed by atoms with Crippen LogP contribution < -0.4 is 5.73 Å². The van der Waals surface area contributed by atoms with Crippen LogP contribution in [0.5, 0.6) is 0 Å². The zero-order valence-electron chi connectivity index (χ0n) is 8.17. The molecule has 1 aromatic rings. The number of hydrogen-bond donors (Lipinski definition) is 2. The summed E-state index contributed by atoms with van der Waals surface area (Å²) in [5.41, 5.74) is 2.53. The van der Waals surface area contributed by atoms with Crippen molar-refractivity contribution in [2.75, 3.05) is 6.54 Å². The van der Waals surface area contributed by atoms with Crippen LogP contribution in [0.1, 0.15) is 18.1 Å². The molecule has 1 aromatic carbocycles. The van der Waals surface area contributed by atoms with E-state index in [-0.39, 0.29) is 12.1 Å². The van der Waals surface area contributed by atoms with Crippen LogP contribution in [0.15, 0.2) is 24.3 Å². The third kappa shape index (κ3) is 2.49. The second kappa shape index (κ2) is 3.83. The molecule has 0 aromatic heterocycles. The molecule has 0 fully saturated rings. The van der Waals surface area contributed by atoms with Crippen LogP contribution in [0.4, 0.5) is 13.2 Å². The zero-order chi connectivity index (χ0) is 11.7. The predicted molar refractivity (Wildman–Crippen MR) is 50.1 cm³/mol. The highest BCUT2D eigenvalue weighted by Gasteiger charge is 2.37. The third-order valence-electron chi connectivity index (χ3n) is 2.21. The Balaban J connectivity index is 3.31. The molecule has 0 saturated carbocycles. The number of benzene rings is 1. The molecule has 0 radical (unpaired) electrons. The minimum Gasteiger partial charge on any atom is -0.384 e. The molecular formula is C10H12F3NO. The van der Waals surface area contributed by atoms with Gasteiger partial charge in [0.1, 0.15) is 0 Å². The van der Waals surface area contributed by atoms with Crippen LogP contribution >= 0.6 is 0 Å². The van der Waals surface area contributed by atoms with Crippen molar-refractivity contribution < 1.29 is 18.3 Å². The van der Waals surface area contributed by atoms with Gasteiger partial charge in [0.15, 0.2) is 0 Å². The van der Waals surface area contributed by atoms with Gasteiger partial charge in [0, 0.05) is 6.54 Å². The topological polar surface area (TPSA) is 46.2 Å². The highest BCUT2D eigenvalue weighted by atomic mass is 19.4. The van der Waals surface area contributed by atoms with Gasteiger partial charge in [0.25, 0.3) is 0 Å². The van der Waals surface area contributed by atoms with Crippen LogP contribution in [-0.4, -0.2) is 11.7 Å². The summed E-state index contributed by atoms with van der Waals surface area (Å²) in [4.78, 5) is 0. The Morgan fingerprint density at radius 1 is 1.20 bits per heavy atom. The van der Waals surface area contributed by atoms with E-state index < -0.39 is 17.3 Å². The van der Waals surface area contributed by atoms with E-state index in [9.17, 15) is 18.3 Å². The van der Waals surface area contributed by atoms with Crippen molar-refractivity contribution in [2.24, 2.45) is 5.73 Å². The molecule has 3 N–H and O–H groups in total. The van der Waals surface area contributed by atoms with Crippen LogP contribution in [0.2, 0.25) is 0 Å². The Morgan fingerprint density at radius 2 is 1.67 bits per heavy atom. The molecule has 5 heteroatoms. The average Bonchev–Trinajstić information content (AvgIpc) is 2.16. The first-order chi connectivity index (χ1) is 6.79. The normalized spacial score (nSPS) is 16.1. The smallest absolute Gasteiger partial charge is 0.384 e. The Kier molecular flexibility index (Phi) is 3.06. The second-order valence-electron chi connectivity index (χ2n) is 3.52. The first-order valence-corrected chi connectivity index (χ1v) is 4.38. The molecule has 1 atom stereocenters. The number of aliphatic hydroxyl groups is 1. The lowest BCUT2D eigenvalue weighted by Crippen LogP contribution is -2.33. The van der Waals surface area contributed by atoms with Gasteiger partial charge in [0.05, 0.1) is 11.2 Å². The van der Waals surface area contributed by atoms with Gasteiger partial charge >= 0.3 is 6.18 Å². The van der Waals surface area contributed by atoms with Crippen LogP contribution in [0.25, 0.3) is 0 Å². The molecule has 0 heterocycles. The van der Waals surface area contributed by atoms with Crippen LogP contribution in [0, 0.1) is 0 Å². The van der Waals surface area contributed by atoms with Gasteiger partial charge in [-0.3, -0.25) is 0 Å². The monoisotopic (exact) mass is 219 g/mol. The minimum absolute atomic E-state index is 0.194. The van der Waals surface area contributed by atoms with Gasteiger partial charge in [-0.2, -0.15) is 13.2 Å². The lowest BCUT2D eigenvalue weighted by atomic mass is 9.91. The molecule has 0 aliphatic heterocycles. The molecule has 0 saturated heterocycles. The highest BCUT2D eigenvalue weighted by Crippen LogP contribution is 2.36. The van der Waals surface area contributed by atoms with Gasteiger partial charge in [-0.05, 0) is 18.6 Å². The van der Waals surface area contributed by atoms with E-state index in [0.29, 0.717) is 0 Å². The second-order valence-corrected chi connectivity index (χ2v) is 3.52. The summed E-state index contributed by atoms with van der Waals surface area (Å²) in [6.07, 6.45) is -4.48. The van der Waals surface area contributed by atoms with Gasteiger partial charge in [-0.25, -0.2) is 0 Å². The molecule has 1 rings (SSSR count). The van der Waals surface area contributed by atoms with Crippen molar-refractivity contribution in [3.63, 3.8) is 0 Å². The summed E-state index contributed by atoms with van der Waals surface area (Å²) < 4.78 is 37.7. The van der Waals surface area contributed by atoms with E-state index in [4.69, 9.17) is 5.73 Å². The molecule has 2 nitrogen and oxygen atoms in total. The summed E-state index contributed by atoms with van der Waals surface area (Å²) >= 11 is 0. The van der Waals surface area contributed by atoms with E-state index in [1.54, 1.807) is 0 Å². The summed E-state index contributed by atoms with van der Waals surface area (Å²) in [6.45, 7) is 0.998. The van der Waals surface area contributed by atoms with Gasteiger partial charge in [-0.1, -0.05) is 18.2 Å². The Labute approximate surface area is 85.5 Å². The fourth-order valence-electron chi connectivity index (χ4n) is 1.31. The summed E-state index contributed by atoms with van der Waals surface area (Å²) in [5, 5.41) is 9.71. The maximum atomic E-state index is 12.6. The minimum atomic E-state index is -4.48. The number of hydrogen-bond acceptors (Lipinski definition) is 2. The fourth-order valence-corrected chi connectivity index (χ4v) is 1.31. The average molecular weight is 219 g/mol. The summed E-state index contributed by atoms with van der Waals surface area (Å²) in [6, 6.07) is 4.88. The largest absolute Gasteiger partial charge is 0.416 e. The SMILES string of the molecule is CC(O)(CN)c1ccccc1C(F)(F)F. The quantitative estimate of drug-likeness (QED) is 0.797. The van der Waals surface area contributed by atoms with E-state index in [1.807, 2.05) is 0 Å². The van der Waals surface area contributed by atoms with Crippen LogP contribution in [0.3, 0.4) is 0 Å². The van der Waals surface area contributed by atoms with Crippen molar-refractivity contribution in [1.82, 2.24) is 0 Å². The number of rotatable bonds is 2. The first-order valence-electron chi connectivity index (χ1n) is 4.38. The molecule has 0 amide bonds. The molecular weight excluding hydrogens is 207 g/mol. The Morgan fingerprint density at radius 3 is 2.07 bits per heavy atom. The standard InChI is InChI=1S/C10H12F3NO/c1-9(15,6-14)7-4-2-3-5-8(7)10(11,12)13/h2-5,15H,6,14H2,1H3. The molecule has 0 bridgehead atoms. The molecule has 84 valence electrons. The molecule has 0 aliphatic carbocycles. The van der Waals surface area contributed by atoms with Gasteiger partial charge < -0.3 is 10.8 Å². The maximum Gasteiger partial charge on any atom is 0.416 e. The number of halogens is 3. The van der Waals surface area contributed by atoms with Crippen molar-refractivity contribution >= 4 is 0 Å². The number of alkyl halides is 3. The van der Waals surface area contributed by atoms with E-state index in [2.05, 4.69) is 0 Å². The predicted octanol–water partition coefficient (Wildman–Crippen LogP) is 1.87. The maximum absolute atomic E-state index is 12.6. The molecule has 0 spiro atoms. The van der Waals surface area contributed by atoms with Gasteiger partial charge in [0.2, 0.25) is 0 Å². The Bertz CT molecular complexity index is 347. The molecule has 0 aliphatic rings. The third-order valence-corrected chi connectivity index (χ3v) is 2.21. The van der Waals surface area contributed by atoms with Crippen molar-refractivity contribution in [3.05, 3.63) is 35.4 Å². The highest BCUT2D eigenvalue weighted by molar-refractivity contribution is 5.34. The zero-order valence-corrected chi connectivity index (χ0v) is 8.17. The number of nitrogens with two attached hydrogens (primary N) is 1. The summed E-state index contributed by atoms with van der Waals surface area (Å²) in [7, 11) is 0. The van der Waals surface area contributed by atoms with E-state index in [1.165, 1.54) is 25.1 Å². The first kappa shape index (κ1) is 12.0. The molecule has 1 unspecified atom stereocenters. The van der Waals surface area contributed by atoms with E-state index >= 15 is 0 Å². The van der Waals surface area contributed by atoms with Crippen molar-refractivity contribution in [3.8, 4) is 0 Å². The van der Waals surface area contributed by atoms with Crippen LogP contribution in [-0.2, 0) is 11.8 Å². The molecule has 15 heavy (non-hydrogen) atoms. The van der Waals surface area contributed by atoms with Crippen molar-refractivity contribution in [1.29, 1.82) is 0 Å².